The van der Waals surface area contributed by atoms with E-state index in [0.29, 0.717) is 39.6 Å². The van der Waals surface area contributed by atoms with Gasteiger partial charge in [0.2, 0.25) is 0 Å². The van der Waals surface area contributed by atoms with Crippen molar-refractivity contribution in [3.63, 3.8) is 0 Å². The Morgan fingerprint density at radius 2 is 1.83 bits per heavy atom. The molecule has 0 radical (unpaired) electrons. The summed E-state index contributed by atoms with van der Waals surface area (Å²) in [5.74, 6) is 1.33. The van der Waals surface area contributed by atoms with E-state index in [1.165, 1.54) is 4.57 Å². The van der Waals surface area contributed by atoms with E-state index in [9.17, 15) is 9.59 Å². The quantitative estimate of drug-likeness (QED) is 0.582. The molecule has 0 spiro atoms. The zero-order valence-electron chi connectivity index (χ0n) is 17.8. The lowest BCUT2D eigenvalue weighted by Crippen LogP contribution is -2.39. The van der Waals surface area contributed by atoms with E-state index in [0.717, 1.165) is 0 Å². The molecule has 0 aliphatic carbocycles. The van der Waals surface area contributed by atoms with Crippen LogP contribution in [-0.2, 0) is 7.05 Å². The second-order valence-corrected chi connectivity index (χ2v) is 8.19. The first-order valence-corrected chi connectivity index (χ1v) is 10.2. The number of methoxy groups -OCH3 is 1. The number of ether oxygens (including phenoxy) is 1. The van der Waals surface area contributed by atoms with Crippen LogP contribution in [0.15, 0.2) is 47.3 Å². The van der Waals surface area contributed by atoms with E-state index in [2.05, 4.69) is 13.8 Å². The van der Waals surface area contributed by atoms with Crippen LogP contribution < -0.4 is 10.3 Å². The minimum Gasteiger partial charge on any atom is -0.497 e. The van der Waals surface area contributed by atoms with E-state index >= 15 is 0 Å². The highest BCUT2D eigenvalue weighted by atomic mass is 35.5. The summed E-state index contributed by atoms with van der Waals surface area (Å²) in [6.45, 7) is 6.53. The summed E-state index contributed by atoms with van der Waals surface area (Å²) in [7, 11) is 3.26. The molecule has 0 saturated carbocycles. The van der Waals surface area contributed by atoms with Crippen molar-refractivity contribution >= 4 is 28.4 Å². The van der Waals surface area contributed by atoms with Crippen LogP contribution in [0.1, 0.15) is 43.0 Å². The van der Waals surface area contributed by atoms with Gasteiger partial charge in [0.15, 0.2) is 0 Å². The van der Waals surface area contributed by atoms with Crippen LogP contribution in [0.5, 0.6) is 5.75 Å². The van der Waals surface area contributed by atoms with Crippen LogP contribution in [0.25, 0.3) is 10.9 Å². The van der Waals surface area contributed by atoms with Crippen molar-refractivity contribution in [2.75, 3.05) is 13.7 Å². The lowest BCUT2D eigenvalue weighted by Gasteiger charge is -2.31. The predicted molar refractivity (Wildman–Crippen MR) is 119 cm³/mol. The summed E-state index contributed by atoms with van der Waals surface area (Å²) in [6.07, 6.45) is 0. The predicted octanol–water partition coefficient (Wildman–Crippen LogP) is 4.45. The van der Waals surface area contributed by atoms with Gasteiger partial charge in [0, 0.05) is 24.2 Å². The van der Waals surface area contributed by atoms with Gasteiger partial charge in [0.1, 0.15) is 11.6 Å². The molecule has 1 aromatic heterocycles. The number of rotatable bonds is 6. The largest absolute Gasteiger partial charge is 0.497 e. The molecule has 1 atom stereocenters. The Kier molecular flexibility index (Phi) is 6.46. The molecule has 0 aliphatic rings. The minimum atomic E-state index is -0.403. The zero-order chi connectivity index (χ0) is 22.0. The number of fused-ring (bicyclic) bond motifs is 1. The fraction of sp³-hybridized carbons (Fsp3) is 0.348. The molecule has 6 nitrogen and oxygen atoms in total. The van der Waals surface area contributed by atoms with Crippen molar-refractivity contribution in [3.8, 4) is 5.75 Å². The molecule has 30 heavy (non-hydrogen) atoms. The van der Waals surface area contributed by atoms with Gasteiger partial charge in [-0.3, -0.25) is 14.2 Å². The van der Waals surface area contributed by atoms with E-state index in [1.807, 2.05) is 6.92 Å². The molecule has 0 aliphatic heterocycles. The number of hydrogen-bond donors (Lipinski definition) is 0. The third-order valence-electron chi connectivity index (χ3n) is 5.07. The third kappa shape index (κ3) is 4.33. The van der Waals surface area contributed by atoms with Crippen LogP contribution in [0.4, 0.5) is 0 Å². The Morgan fingerprint density at radius 1 is 1.17 bits per heavy atom. The number of carbonyl (C=O) groups is 1. The average molecular weight is 428 g/mol. The second kappa shape index (κ2) is 8.88. The molecular formula is C23H26ClN3O3. The molecule has 0 N–H and O–H groups in total. The maximum atomic E-state index is 13.4. The lowest BCUT2D eigenvalue weighted by molar-refractivity contribution is 0.0654. The SMILES string of the molecule is COc1ccc(C(=O)N(CC(C)C)C(C)c2nc3ccc(Cl)cc3c(=O)n2C)cc1. The van der Waals surface area contributed by atoms with Gasteiger partial charge in [0.05, 0.1) is 24.1 Å². The molecule has 1 unspecified atom stereocenters. The fourth-order valence-electron chi connectivity index (χ4n) is 3.48. The van der Waals surface area contributed by atoms with E-state index in [1.54, 1.807) is 61.5 Å². The molecule has 0 saturated heterocycles. The molecule has 3 aromatic rings. The zero-order valence-corrected chi connectivity index (χ0v) is 18.6. The fourth-order valence-corrected chi connectivity index (χ4v) is 3.66. The molecule has 0 fully saturated rings. The Balaban J connectivity index is 2.06. The third-order valence-corrected chi connectivity index (χ3v) is 5.31. The number of amides is 1. The maximum Gasteiger partial charge on any atom is 0.261 e. The highest BCUT2D eigenvalue weighted by Gasteiger charge is 2.27. The Labute approximate surface area is 181 Å². The monoisotopic (exact) mass is 427 g/mol. The first kappa shape index (κ1) is 21.8. The van der Waals surface area contributed by atoms with Gasteiger partial charge in [-0.2, -0.15) is 0 Å². The maximum absolute atomic E-state index is 13.4. The normalized spacial score (nSPS) is 12.2. The standard InChI is InChI=1S/C23H26ClN3O3/c1-14(2)13-27(22(28)16-6-9-18(30-5)10-7-16)15(3)21-25-20-11-8-17(24)12-19(20)23(29)26(21)4/h6-12,14-15H,13H2,1-5H3. The molecule has 1 heterocycles. The van der Waals surface area contributed by atoms with Crippen LogP contribution in [0, 0.1) is 5.92 Å². The minimum absolute atomic E-state index is 0.121. The average Bonchev–Trinajstić information content (AvgIpc) is 2.74. The van der Waals surface area contributed by atoms with Crippen molar-refractivity contribution in [1.29, 1.82) is 0 Å². The number of benzene rings is 2. The summed E-state index contributed by atoms with van der Waals surface area (Å²) in [5.41, 5.74) is 0.928. The van der Waals surface area contributed by atoms with Crippen LogP contribution >= 0.6 is 11.6 Å². The molecule has 1 amide bonds. The smallest absolute Gasteiger partial charge is 0.261 e. The molecular weight excluding hydrogens is 402 g/mol. The summed E-state index contributed by atoms with van der Waals surface area (Å²) in [6, 6.07) is 11.7. The van der Waals surface area contributed by atoms with Gasteiger partial charge in [0.25, 0.3) is 11.5 Å². The van der Waals surface area contributed by atoms with E-state index in [-0.39, 0.29) is 17.4 Å². The summed E-state index contributed by atoms with van der Waals surface area (Å²) >= 11 is 6.05. The Bertz CT molecular complexity index is 1120. The summed E-state index contributed by atoms with van der Waals surface area (Å²) in [5, 5.41) is 0.941. The van der Waals surface area contributed by atoms with Gasteiger partial charge in [-0.15, -0.1) is 0 Å². The first-order chi connectivity index (χ1) is 14.2. The summed E-state index contributed by atoms with van der Waals surface area (Å²) < 4.78 is 6.68. The van der Waals surface area contributed by atoms with Crippen molar-refractivity contribution < 1.29 is 9.53 Å². The van der Waals surface area contributed by atoms with Gasteiger partial charge < -0.3 is 9.64 Å². The van der Waals surface area contributed by atoms with E-state index in [4.69, 9.17) is 21.3 Å². The molecule has 2 aromatic carbocycles. The van der Waals surface area contributed by atoms with Gasteiger partial charge >= 0.3 is 0 Å². The van der Waals surface area contributed by atoms with Crippen LogP contribution in [0.3, 0.4) is 0 Å². The van der Waals surface area contributed by atoms with Crippen molar-refractivity contribution in [2.24, 2.45) is 13.0 Å². The van der Waals surface area contributed by atoms with Crippen molar-refractivity contribution in [3.05, 3.63) is 69.2 Å². The Hall–Kier alpha value is -2.86. The number of nitrogens with zero attached hydrogens (tertiary/aromatic N) is 3. The first-order valence-electron chi connectivity index (χ1n) is 9.84. The highest BCUT2D eigenvalue weighted by Crippen LogP contribution is 2.24. The number of hydrogen-bond acceptors (Lipinski definition) is 4. The summed E-state index contributed by atoms with van der Waals surface area (Å²) in [4.78, 5) is 32.7. The second-order valence-electron chi connectivity index (χ2n) is 7.75. The number of halogens is 1. The molecule has 3 rings (SSSR count). The van der Waals surface area contributed by atoms with Crippen LogP contribution in [-0.4, -0.2) is 34.0 Å². The van der Waals surface area contributed by atoms with Gasteiger partial charge in [-0.05, 0) is 55.3 Å². The van der Waals surface area contributed by atoms with Crippen molar-refractivity contribution in [1.82, 2.24) is 14.5 Å². The topological polar surface area (TPSA) is 64.4 Å². The molecule has 158 valence electrons. The molecule has 0 bridgehead atoms. The number of carbonyl (C=O) groups excluding carboxylic acids is 1. The highest BCUT2D eigenvalue weighted by molar-refractivity contribution is 6.31. The van der Waals surface area contributed by atoms with E-state index < -0.39 is 6.04 Å². The Morgan fingerprint density at radius 3 is 2.43 bits per heavy atom. The van der Waals surface area contributed by atoms with Gasteiger partial charge in [-0.25, -0.2) is 4.98 Å². The lowest BCUT2D eigenvalue weighted by atomic mass is 10.1. The van der Waals surface area contributed by atoms with Crippen molar-refractivity contribution in [2.45, 2.75) is 26.8 Å². The number of aromatic nitrogens is 2. The van der Waals surface area contributed by atoms with Crippen LogP contribution in [0.2, 0.25) is 5.02 Å². The van der Waals surface area contributed by atoms with Gasteiger partial charge in [-0.1, -0.05) is 25.4 Å². The molecule has 7 heteroatoms.